The minimum atomic E-state index is -1.68. The Balaban J connectivity index is 1.88. The molecule has 5 atom stereocenters. The van der Waals surface area contributed by atoms with Crippen molar-refractivity contribution < 1.29 is 34.8 Å². The first-order chi connectivity index (χ1) is 10.5. The van der Waals surface area contributed by atoms with Crippen molar-refractivity contribution in [2.75, 3.05) is 18.1 Å². The number of hydrogen-bond acceptors (Lipinski definition) is 9. The van der Waals surface area contributed by atoms with Crippen molar-refractivity contribution in [3.63, 3.8) is 0 Å². The van der Waals surface area contributed by atoms with Gasteiger partial charge >= 0.3 is 0 Å². The second-order valence-electron chi connectivity index (χ2n) is 5.05. The van der Waals surface area contributed by atoms with E-state index in [1.165, 1.54) is 23.5 Å². The molecule has 3 aliphatic heterocycles. The van der Waals surface area contributed by atoms with Crippen LogP contribution in [0.3, 0.4) is 0 Å². The summed E-state index contributed by atoms with van der Waals surface area (Å²) < 4.78 is 5.01. The summed E-state index contributed by atoms with van der Waals surface area (Å²) in [6.07, 6.45) is -5.98. The lowest BCUT2D eigenvalue weighted by Crippen LogP contribution is -2.65. The van der Waals surface area contributed by atoms with Gasteiger partial charge in [0.15, 0.2) is 6.29 Å². The number of nitrogens with zero attached hydrogens (tertiary/aromatic N) is 1. The molecule has 0 saturated carbocycles. The molecule has 4 N–H and O–H groups in total. The molecule has 1 saturated heterocycles. The van der Waals surface area contributed by atoms with Crippen molar-refractivity contribution in [3.8, 4) is 0 Å². The molecule has 3 heterocycles. The SMILES string of the molecule is O=C1C2=C(SCCS2)C(=O)N1[C@@H]1[C@H](O)OC(CO)C(O)[C@H]1O. The molecule has 0 aliphatic carbocycles. The number of carbonyl (C=O) groups is 2. The van der Waals surface area contributed by atoms with E-state index >= 15 is 0 Å². The van der Waals surface area contributed by atoms with Gasteiger partial charge in [-0.25, -0.2) is 0 Å². The summed E-state index contributed by atoms with van der Waals surface area (Å²) in [6, 6.07) is -1.41. The van der Waals surface area contributed by atoms with Gasteiger partial charge in [-0.15, -0.1) is 23.5 Å². The maximum Gasteiger partial charge on any atom is 0.269 e. The quantitative estimate of drug-likeness (QED) is 0.412. The lowest BCUT2D eigenvalue weighted by molar-refractivity contribution is -0.267. The molecular formula is C12H15NO7S2. The number of carbonyl (C=O) groups excluding carboxylic acids is 2. The van der Waals surface area contributed by atoms with Crippen molar-refractivity contribution in [3.05, 3.63) is 9.81 Å². The van der Waals surface area contributed by atoms with Gasteiger partial charge in [0.05, 0.1) is 16.4 Å². The number of aliphatic hydroxyl groups is 4. The molecule has 1 fully saturated rings. The molecule has 0 bridgehead atoms. The van der Waals surface area contributed by atoms with E-state index in [4.69, 9.17) is 9.84 Å². The fourth-order valence-electron chi connectivity index (χ4n) is 2.68. The maximum absolute atomic E-state index is 12.4. The number of amides is 2. The lowest BCUT2D eigenvalue weighted by Gasteiger charge is -2.43. The Morgan fingerprint density at radius 3 is 2.09 bits per heavy atom. The summed E-state index contributed by atoms with van der Waals surface area (Å²) >= 11 is 2.52. The van der Waals surface area contributed by atoms with E-state index in [0.29, 0.717) is 21.3 Å². The predicted molar refractivity (Wildman–Crippen MR) is 77.6 cm³/mol. The van der Waals surface area contributed by atoms with Gasteiger partial charge in [-0.2, -0.15) is 0 Å². The van der Waals surface area contributed by atoms with Gasteiger partial charge in [0, 0.05) is 11.5 Å². The molecule has 8 nitrogen and oxygen atoms in total. The minimum absolute atomic E-state index is 0.305. The van der Waals surface area contributed by atoms with Crippen molar-refractivity contribution in [2.45, 2.75) is 30.6 Å². The zero-order valence-electron chi connectivity index (χ0n) is 11.3. The Labute approximate surface area is 134 Å². The summed E-state index contributed by atoms with van der Waals surface area (Å²) in [5, 5.41) is 39.1. The van der Waals surface area contributed by atoms with Crippen molar-refractivity contribution in [1.82, 2.24) is 4.90 Å². The third-order valence-electron chi connectivity index (χ3n) is 3.77. The lowest BCUT2D eigenvalue weighted by atomic mass is 9.96. The maximum atomic E-state index is 12.4. The van der Waals surface area contributed by atoms with Crippen LogP contribution in [0, 0.1) is 0 Å². The number of rotatable bonds is 2. The fourth-order valence-corrected chi connectivity index (χ4v) is 4.99. The molecule has 3 aliphatic rings. The normalized spacial score (nSPS) is 39.5. The summed E-state index contributed by atoms with van der Waals surface area (Å²) in [6.45, 7) is -0.607. The first kappa shape index (κ1) is 16.2. The zero-order valence-corrected chi connectivity index (χ0v) is 12.9. The van der Waals surface area contributed by atoms with Crippen molar-refractivity contribution in [2.24, 2.45) is 0 Å². The molecule has 10 heteroatoms. The molecule has 2 amide bonds. The summed E-state index contributed by atoms with van der Waals surface area (Å²) in [4.78, 5) is 26.2. The zero-order chi connectivity index (χ0) is 16.0. The molecular weight excluding hydrogens is 334 g/mol. The number of thioether (sulfide) groups is 2. The molecule has 3 rings (SSSR count). The van der Waals surface area contributed by atoms with Gasteiger partial charge in [0.2, 0.25) is 0 Å². The van der Waals surface area contributed by atoms with Crippen LogP contribution in [0.4, 0.5) is 0 Å². The molecule has 0 aromatic carbocycles. The van der Waals surface area contributed by atoms with Gasteiger partial charge in [-0.3, -0.25) is 14.5 Å². The smallest absolute Gasteiger partial charge is 0.269 e. The fraction of sp³-hybridized carbons (Fsp3) is 0.667. The number of aliphatic hydroxyl groups excluding tert-OH is 4. The van der Waals surface area contributed by atoms with Crippen LogP contribution in [-0.4, -0.2) is 85.9 Å². The topological polar surface area (TPSA) is 128 Å². The van der Waals surface area contributed by atoms with Gasteiger partial charge in [-0.05, 0) is 0 Å². The predicted octanol–water partition coefficient (Wildman–Crippen LogP) is -2.15. The van der Waals surface area contributed by atoms with E-state index in [1.807, 2.05) is 0 Å². The van der Waals surface area contributed by atoms with Crippen molar-refractivity contribution >= 4 is 35.3 Å². The molecule has 0 radical (unpaired) electrons. The summed E-state index contributed by atoms with van der Waals surface area (Å²) in [7, 11) is 0. The van der Waals surface area contributed by atoms with Crippen LogP contribution >= 0.6 is 23.5 Å². The minimum Gasteiger partial charge on any atom is -0.394 e. The number of ether oxygens (including phenoxy) is 1. The molecule has 0 aromatic heterocycles. The summed E-state index contributed by atoms with van der Waals surface area (Å²) in [5.74, 6) is 0.187. The first-order valence-electron chi connectivity index (χ1n) is 6.65. The highest BCUT2D eigenvalue weighted by Gasteiger charge is 2.53. The third kappa shape index (κ3) is 2.39. The number of imide groups is 1. The molecule has 0 aromatic rings. The Hall–Kier alpha value is -0.620. The highest BCUT2D eigenvalue weighted by Crippen LogP contribution is 2.42. The second kappa shape index (κ2) is 6.11. The monoisotopic (exact) mass is 349 g/mol. The molecule has 0 spiro atoms. The molecule has 122 valence electrons. The summed E-state index contributed by atoms with van der Waals surface area (Å²) in [5.41, 5.74) is 0. The van der Waals surface area contributed by atoms with E-state index in [9.17, 15) is 24.9 Å². The van der Waals surface area contributed by atoms with E-state index in [2.05, 4.69) is 0 Å². The van der Waals surface area contributed by atoms with Crippen LogP contribution in [0.2, 0.25) is 0 Å². The third-order valence-corrected chi connectivity index (χ3v) is 6.31. The Morgan fingerprint density at radius 2 is 1.59 bits per heavy atom. The highest BCUT2D eigenvalue weighted by molar-refractivity contribution is 8.11. The number of hydrogen-bond donors (Lipinski definition) is 4. The molecule has 22 heavy (non-hydrogen) atoms. The Kier molecular flexibility index (Phi) is 4.52. The van der Waals surface area contributed by atoms with Gasteiger partial charge in [0.1, 0.15) is 24.4 Å². The average Bonchev–Trinajstić information content (AvgIpc) is 2.77. The van der Waals surface area contributed by atoms with E-state index < -0.39 is 49.1 Å². The van der Waals surface area contributed by atoms with Crippen LogP contribution in [0.5, 0.6) is 0 Å². The average molecular weight is 349 g/mol. The van der Waals surface area contributed by atoms with Gasteiger partial charge < -0.3 is 25.2 Å². The Bertz CT molecular complexity index is 512. The van der Waals surface area contributed by atoms with Crippen LogP contribution in [0.15, 0.2) is 9.81 Å². The van der Waals surface area contributed by atoms with E-state index in [1.54, 1.807) is 0 Å². The largest absolute Gasteiger partial charge is 0.394 e. The van der Waals surface area contributed by atoms with Crippen LogP contribution in [0.25, 0.3) is 0 Å². The van der Waals surface area contributed by atoms with Crippen LogP contribution < -0.4 is 0 Å². The standard InChI is InChI=1S/C12H15NO7S2/c14-3-4-6(15)7(16)5(12(19)20-4)13-10(17)8-9(11(13)18)22-2-1-21-8/h4-7,12,14-16,19H,1-3H2/t4?,5-,6?,7-,12+/m0/s1. The second-order valence-corrected chi connectivity index (χ2v) is 7.27. The van der Waals surface area contributed by atoms with Crippen LogP contribution in [0.1, 0.15) is 0 Å². The van der Waals surface area contributed by atoms with Crippen LogP contribution in [-0.2, 0) is 14.3 Å². The molecule has 2 unspecified atom stereocenters. The van der Waals surface area contributed by atoms with Gasteiger partial charge in [0.25, 0.3) is 11.8 Å². The Morgan fingerprint density at radius 1 is 1.05 bits per heavy atom. The highest BCUT2D eigenvalue weighted by atomic mass is 32.2. The van der Waals surface area contributed by atoms with E-state index in [-0.39, 0.29) is 0 Å². The van der Waals surface area contributed by atoms with Gasteiger partial charge in [-0.1, -0.05) is 0 Å². The van der Waals surface area contributed by atoms with E-state index in [0.717, 1.165) is 4.90 Å². The van der Waals surface area contributed by atoms with Crippen molar-refractivity contribution in [1.29, 1.82) is 0 Å². The first-order valence-corrected chi connectivity index (χ1v) is 8.62.